The van der Waals surface area contributed by atoms with Gasteiger partial charge >= 0.3 is 0 Å². The number of alkyl halides is 1. The maximum atomic E-state index is 13.0. The van der Waals surface area contributed by atoms with E-state index < -0.39 is 19.8 Å². The first-order valence-electron chi connectivity index (χ1n) is 4.69. The smallest absolute Gasteiger partial charge is 0.204 e. The van der Waals surface area contributed by atoms with Gasteiger partial charge in [-0.05, 0) is 29.1 Å². The molecule has 1 heterocycles. The number of halogens is 2. The van der Waals surface area contributed by atoms with Crippen molar-refractivity contribution in [3.8, 4) is 0 Å². The molecule has 1 aromatic heterocycles. The fourth-order valence-electron chi connectivity index (χ4n) is 1.35. The van der Waals surface area contributed by atoms with Gasteiger partial charge in [-0.2, -0.15) is 0 Å². The van der Waals surface area contributed by atoms with Crippen molar-refractivity contribution in [1.82, 2.24) is 0 Å². The Hall–Kier alpha value is -0.720. The van der Waals surface area contributed by atoms with E-state index in [0.29, 0.717) is 5.56 Å². The molecule has 2 rings (SSSR count). The van der Waals surface area contributed by atoms with Crippen LogP contribution in [0.25, 0.3) is 0 Å². The second-order valence-corrected chi connectivity index (χ2v) is 8.08. The van der Waals surface area contributed by atoms with Crippen LogP contribution in [0, 0.1) is 5.82 Å². The van der Waals surface area contributed by atoms with Crippen LogP contribution >= 0.6 is 27.3 Å². The third-order valence-electron chi connectivity index (χ3n) is 2.16. The summed E-state index contributed by atoms with van der Waals surface area (Å²) in [6, 6.07) is 8.76. The highest BCUT2D eigenvalue weighted by Crippen LogP contribution is 2.36. The monoisotopic (exact) mass is 334 g/mol. The molecule has 2 nitrogen and oxygen atoms in total. The highest BCUT2D eigenvalue weighted by atomic mass is 79.9. The Balaban J connectivity index is 2.42. The van der Waals surface area contributed by atoms with Gasteiger partial charge in [-0.25, -0.2) is 12.8 Å². The molecule has 0 aliphatic rings. The van der Waals surface area contributed by atoms with Crippen molar-refractivity contribution in [1.29, 1.82) is 0 Å². The predicted molar refractivity (Wildman–Crippen MR) is 69.6 cm³/mol. The molecule has 0 saturated heterocycles. The number of benzene rings is 1. The Morgan fingerprint density at radius 2 is 2.00 bits per heavy atom. The fourth-order valence-corrected chi connectivity index (χ4v) is 5.03. The first kappa shape index (κ1) is 12.7. The van der Waals surface area contributed by atoms with E-state index in [4.69, 9.17) is 0 Å². The van der Waals surface area contributed by atoms with Gasteiger partial charge in [0.05, 0.1) is 0 Å². The summed E-state index contributed by atoms with van der Waals surface area (Å²) in [5.41, 5.74) is 0.387. The molecule has 0 bridgehead atoms. The molecule has 0 radical (unpaired) electrons. The lowest BCUT2D eigenvalue weighted by molar-refractivity contribution is 0.596. The van der Waals surface area contributed by atoms with Gasteiger partial charge in [0.15, 0.2) is 0 Å². The number of rotatable bonds is 3. The summed E-state index contributed by atoms with van der Waals surface area (Å²) >= 11 is 4.26. The molecule has 0 saturated carbocycles. The zero-order valence-corrected chi connectivity index (χ0v) is 11.7. The Bertz CT molecular complexity index is 608. The zero-order chi connectivity index (χ0) is 12.5. The predicted octanol–water partition coefficient (Wildman–Crippen LogP) is 3.75. The third kappa shape index (κ3) is 2.59. The molecule has 0 aliphatic carbocycles. The van der Waals surface area contributed by atoms with Crippen LogP contribution in [0.5, 0.6) is 0 Å². The topological polar surface area (TPSA) is 34.1 Å². The quantitative estimate of drug-likeness (QED) is 0.801. The van der Waals surface area contributed by atoms with Crippen LogP contribution in [0.15, 0.2) is 46.0 Å². The van der Waals surface area contributed by atoms with E-state index in [9.17, 15) is 12.8 Å². The standard InChI is InChI=1S/C11H8BrFO2S2/c12-11(8-3-1-4-9(13)7-8)17(14,15)10-5-2-6-16-10/h1-7,11H. The summed E-state index contributed by atoms with van der Waals surface area (Å²) in [6.07, 6.45) is 0. The van der Waals surface area contributed by atoms with Crippen molar-refractivity contribution < 1.29 is 12.8 Å². The highest BCUT2D eigenvalue weighted by Gasteiger charge is 2.27. The maximum Gasteiger partial charge on any atom is 0.204 e. The van der Waals surface area contributed by atoms with Gasteiger partial charge in [-0.15, -0.1) is 11.3 Å². The fraction of sp³-hybridized carbons (Fsp3) is 0.0909. The van der Waals surface area contributed by atoms with Gasteiger partial charge in [0.25, 0.3) is 0 Å². The summed E-state index contributed by atoms with van der Waals surface area (Å²) in [5, 5.41) is 1.69. The van der Waals surface area contributed by atoms with E-state index in [-0.39, 0.29) is 4.21 Å². The minimum Gasteiger partial charge on any atom is -0.221 e. The van der Waals surface area contributed by atoms with Crippen LogP contribution in [0.1, 0.15) is 9.72 Å². The summed E-state index contributed by atoms with van der Waals surface area (Å²) in [7, 11) is -3.50. The van der Waals surface area contributed by atoms with E-state index in [0.717, 1.165) is 11.3 Å². The van der Waals surface area contributed by atoms with Crippen LogP contribution in [-0.2, 0) is 9.84 Å². The summed E-state index contributed by atoms with van der Waals surface area (Å²) in [5.74, 6) is -0.451. The van der Waals surface area contributed by atoms with Crippen molar-refractivity contribution in [3.05, 3.63) is 53.2 Å². The van der Waals surface area contributed by atoms with Crippen LogP contribution in [0.4, 0.5) is 4.39 Å². The van der Waals surface area contributed by atoms with Gasteiger partial charge in [-0.3, -0.25) is 0 Å². The molecule has 17 heavy (non-hydrogen) atoms. The van der Waals surface area contributed by atoms with Crippen LogP contribution in [0.2, 0.25) is 0 Å². The molecule has 0 N–H and O–H groups in total. The summed E-state index contributed by atoms with van der Waals surface area (Å²) < 4.78 is 36.7. The van der Waals surface area contributed by atoms with Gasteiger partial charge < -0.3 is 0 Å². The molecule has 1 unspecified atom stereocenters. The lowest BCUT2D eigenvalue weighted by atomic mass is 10.2. The molecule has 90 valence electrons. The minimum absolute atomic E-state index is 0.267. The zero-order valence-electron chi connectivity index (χ0n) is 8.51. The van der Waals surface area contributed by atoms with E-state index in [2.05, 4.69) is 15.9 Å². The van der Waals surface area contributed by atoms with Gasteiger partial charge in [0.1, 0.15) is 14.2 Å². The van der Waals surface area contributed by atoms with Crippen molar-refractivity contribution >= 4 is 37.1 Å². The lowest BCUT2D eigenvalue weighted by Gasteiger charge is -2.10. The average Bonchev–Trinajstić information content (AvgIpc) is 2.82. The molecule has 0 fully saturated rings. The molecule has 0 spiro atoms. The second kappa shape index (κ2) is 4.88. The first-order valence-corrected chi connectivity index (χ1v) is 8.03. The molecule has 1 aromatic carbocycles. The summed E-state index contributed by atoms with van der Waals surface area (Å²) in [4.78, 5) is 0. The number of thiophene rings is 1. The Morgan fingerprint density at radius 1 is 1.24 bits per heavy atom. The largest absolute Gasteiger partial charge is 0.221 e. The van der Waals surface area contributed by atoms with Crippen molar-refractivity contribution in [2.45, 2.75) is 8.37 Å². The lowest BCUT2D eigenvalue weighted by Crippen LogP contribution is -2.06. The van der Waals surface area contributed by atoms with Gasteiger partial charge in [0.2, 0.25) is 9.84 Å². The van der Waals surface area contributed by atoms with E-state index in [1.807, 2.05) is 0 Å². The molecule has 0 amide bonds. The molecule has 0 aliphatic heterocycles. The van der Waals surface area contributed by atoms with Crippen molar-refractivity contribution in [3.63, 3.8) is 0 Å². The van der Waals surface area contributed by atoms with E-state index in [1.165, 1.54) is 24.3 Å². The van der Waals surface area contributed by atoms with Crippen LogP contribution < -0.4 is 0 Å². The number of hydrogen-bond donors (Lipinski definition) is 0. The number of sulfone groups is 1. The van der Waals surface area contributed by atoms with Crippen molar-refractivity contribution in [2.75, 3.05) is 0 Å². The molecule has 1 atom stereocenters. The van der Waals surface area contributed by atoms with E-state index in [1.54, 1.807) is 17.5 Å². The third-order valence-corrected chi connectivity index (χ3v) is 7.32. The molecule has 6 heteroatoms. The minimum atomic E-state index is -3.50. The van der Waals surface area contributed by atoms with Gasteiger partial charge in [0, 0.05) is 0 Å². The first-order chi connectivity index (χ1) is 8.01. The normalized spacial score (nSPS) is 13.5. The van der Waals surface area contributed by atoms with Crippen LogP contribution in [-0.4, -0.2) is 8.42 Å². The molecular weight excluding hydrogens is 327 g/mol. The molecular formula is C11H8BrFO2S2. The van der Waals surface area contributed by atoms with Crippen LogP contribution in [0.3, 0.4) is 0 Å². The van der Waals surface area contributed by atoms with Crippen molar-refractivity contribution in [2.24, 2.45) is 0 Å². The van der Waals surface area contributed by atoms with Gasteiger partial charge in [-0.1, -0.05) is 34.1 Å². The average molecular weight is 335 g/mol. The Morgan fingerprint density at radius 3 is 2.59 bits per heavy atom. The highest BCUT2D eigenvalue weighted by molar-refractivity contribution is 9.10. The Kier molecular flexibility index (Phi) is 3.65. The second-order valence-electron chi connectivity index (χ2n) is 3.35. The SMILES string of the molecule is O=S(=O)(c1cccs1)C(Br)c1cccc(F)c1. The van der Waals surface area contributed by atoms with E-state index >= 15 is 0 Å². The molecule has 2 aromatic rings. The Labute approximate surface area is 111 Å². The maximum absolute atomic E-state index is 13.0. The number of hydrogen-bond acceptors (Lipinski definition) is 3. The summed E-state index contributed by atoms with van der Waals surface area (Å²) in [6.45, 7) is 0.